The van der Waals surface area contributed by atoms with E-state index in [4.69, 9.17) is 23.7 Å². The molecule has 4 atom stereocenters. The zero-order chi connectivity index (χ0) is 20.2. The maximum Gasteiger partial charge on any atom is 0.157 e. The second-order valence-corrected chi connectivity index (χ2v) is 9.54. The Bertz CT molecular complexity index is 614. The average Bonchev–Trinajstić information content (AvgIpc) is 2.78. The SMILES string of the molecule is COc1ccc(O[C@@]2(C)CC[C@@H](Br)C(C)(C)O[C@H]2COC2CCCCO2)cc1. The molecule has 2 fully saturated rings. The minimum atomic E-state index is -0.511. The summed E-state index contributed by atoms with van der Waals surface area (Å²) in [5, 5.41) is 0. The van der Waals surface area contributed by atoms with Crippen LogP contribution in [-0.4, -0.2) is 48.7 Å². The van der Waals surface area contributed by atoms with Crippen LogP contribution in [0.5, 0.6) is 11.5 Å². The van der Waals surface area contributed by atoms with Gasteiger partial charge in [-0.2, -0.15) is 0 Å². The molecule has 0 N–H and O–H groups in total. The van der Waals surface area contributed by atoms with Gasteiger partial charge >= 0.3 is 0 Å². The summed E-state index contributed by atoms with van der Waals surface area (Å²) in [7, 11) is 1.66. The lowest BCUT2D eigenvalue weighted by atomic mass is 9.92. The third-order valence-electron chi connectivity index (χ3n) is 5.76. The average molecular weight is 457 g/mol. The Morgan fingerprint density at radius 3 is 2.43 bits per heavy atom. The fourth-order valence-electron chi connectivity index (χ4n) is 3.76. The molecule has 0 spiro atoms. The van der Waals surface area contributed by atoms with Crippen LogP contribution in [0.4, 0.5) is 0 Å². The topological polar surface area (TPSA) is 46.2 Å². The molecule has 0 radical (unpaired) electrons. The van der Waals surface area contributed by atoms with Crippen molar-refractivity contribution in [2.45, 2.75) is 81.3 Å². The van der Waals surface area contributed by atoms with Gasteiger partial charge < -0.3 is 23.7 Å². The predicted octanol–water partition coefficient (Wildman–Crippen LogP) is 5.10. The Balaban J connectivity index is 1.76. The summed E-state index contributed by atoms with van der Waals surface area (Å²) < 4.78 is 30.2. The van der Waals surface area contributed by atoms with Crippen LogP contribution in [0.1, 0.15) is 52.9 Å². The first-order valence-electron chi connectivity index (χ1n) is 10.2. The highest BCUT2D eigenvalue weighted by atomic mass is 79.9. The van der Waals surface area contributed by atoms with Gasteiger partial charge in [0.2, 0.25) is 0 Å². The van der Waals surface area contributed by atoms with E-state index in [9.17, 15) is 0 Å². The number of benzene rings is 1. The van der Waals surface area contributed by atoms with Gasteiger partial charge in [0.25, 0.3) is 0 Å². The summed E-state index contributed by atoms with van der Waals surface area (Å²) in [6.45, 7) is 7.57. The molecule has 3 rings (SSSR count). The van der Waals surface area contributed by atoms with Crippen molar-refractivity contribution in [2.75, 3.05) is 20.3 Å². The van der Waals surface area contributed by atoms with Gasteiger partial charge in [0, 0.05) is 11.4 Å². The first-order valence-corrected chi connectivity index (χ1v) is 11.1. The van der Waals surface area contributed by atoms with Crippen LogP contribution in [0.25, 0.3) is 0 Å². The molecule has 1 unspecified atom stereocenters. The molecule has 1 aromatic carbocycles. The van der Waals surface area contributed by atoms with Crippen molar-refractivity contribution in [2.24, 2.45) is 0 Å². The number of alkyl halides is 1. The molecule has 28 heavy (non-hydrogen) atoms. The van der Waals surface area contributed by atoms with Gasteiger partial charge in [0.1, 0.15) is 23.2 Å². The van der Waals surface area contributed by atoms with E-state index in [-0.39, 0.29) is 22.8 Å². The number of hydrogen-bond acceptors (Lipinski definition) is 5. The highest BCUT2D eigenvalue weighted by Crippen LogP contribution is 2.40. The first-order chi connectivity index (χ1) is 13.3. The number of halogens is 1. The van der Waals surface area contributed by atoms with E-state index in [0.717, 1.165) is 50.2 Å². The molecule has 5 nitrogen and oxygen atoms in total. The van der Waals surface area contributed by atoms with Crippen LogP contribution in [0.3, 0.4) is 0 Å². The Hall–Kier alpha value is -0.820. The summed E-state index contributed by atoms with van der Waals surface area (Å²) in [6, 6.07) is 7.70. The summed E-state index contributed by atoms with van der Waals surface area (Å²) in [4.78, 5) is 0.245. The Morgan fingerprint density at radius 1 is 1.07 bits per heavy atom. The van der Waals surface area contributed by atoms with Crippen LogP contribution in [0, 0.1) is 0 Å². The zero-order valence-corrected chi connectivity index (χ0v) is 19.0. The van der Waals surface area contributed by atoms with Crippen LogP contribution in [0.15, 0.2) is 24.3 Å². The molecule has 0 aliphatic carbocycles. The van der Waals surface area contributed by atoms with Gasteiger partial charge in [-0.25, -0.2) is 0 Å². The number of ether oxygens (including phenoxy) is 5. The summed E-state index contributed by atoms with van der Waals surface area (Å²) in [5.41, 5.74) is -0.828. The molecule has 2 aliphatic heterocycles. The summed E-state index contributed by atoms with van der Waals surface area (Å²) in [6.07, 6.45) is 4.65. The maximum atomic E-state index is 6.56. The Kier molecular flexibility index (Phi) is 7.29. The molecule has 0 bridgehead atoms. The molecule has 6 heteroatoms. The summed E-state index contributed by atoms with van der Waals surface area (Å²) >= 11 is 3.81. The molecule has 0 saturated carbocycles. The largest absolute Gasteiger partial charge is 0.497 e. The molecule has 1 aromatic rings. The lowest BCUT2D eigenvalue weighted by Crippen LogP contribution is -2.51. The molecular formula is C22H33BrO5. The molecule has 0 aromatic heterocycles. The van der Waals surface area contributed by atoms with Gasteiger partial charge in [-0.15, -0.1) is 0 Å². The Labute approximate surface area is 177 Å². The van der Waals surface area contributed by atoms with Crippen molar-refractivity contribution < 1.29 is 23.7 Å². The number of hydrogen-bond donors (Lipinski definition) is 0. The van der Waals surface area contributed by atoms with Crippen molar-refractivity contribution in [1.29, 1.82) is 0 Å². The van der Waals surface area contributed by atoms with Gasteiger partial charge in [0.05, 0.1) is 19.3 Å². The van der Waals surface area contributed by atoms with Gasteiger partial charge in [0.15, 0.2) is 6.29 Å². The minimum Gasteiger partial charge on any atom is -0.497 e. The number of methoxy groups -OCH3 is 1. The van der Waals surface area contributed by atoms with E-state index in [1.165, 1.54) is 0 Å². The molecule has 2 heterocycles. The normalized spacial score (nSPS) is 33.1. The van der Waals surface area contributed by atoms with E-state index in [1.54, 1.807) is 7.11 Å². The van der Waals surface area contributed by atoms with Crippen LogP contribution < -0.4 is 9.47 Å². The van der Waals surface area contributed by atoms with E-state index in [2.05, 4.69) is 36.7 Å². The third kappa shape index (κ3) is 5.41. The fourth-order valence-corrected chi connectivity index (χ4v) is 4.10. The monoisotopic (exact) mass is 456 g/mol. The first kappa shape index (κ1) is 21.9. The van der Waals surface area contributed by atoms with Gasteiger partial charge in [-0.3, -0.25) is 0 Å². The van der Waals surface area contributed by atoms with E-state index in [1.807, 2.05) is 24.3 Å². The van der Waals surface area contributed by atoms with E-state index in [0.29, 0.717) is 6.61 Å². The van der Waals surface area contributed by atoms with Gasteiger partial charge in [-0.1, -0.05) is 15.9 Å². The second-order valence-electron chi connectivity index (χ2n) is 8.44. The molecule has 0 amide bonds. The maximum absolute atomic E-state index is 6.56. The standard InChI is InChI=1S/C22H33BrO5/c1-21(2)18(23)12-13-22(3,27-17-10-8-16(24-4)9-11-17)19(28-21)15-26-20-7-5-6-14-25-20/h8-11,18-20H,5-7,12-15H2,1-4H3/t18-,19+,20?,22+/m1/s1. The highest BCUT2D eigenvalue weighted by Gasteiger charge is 2.47. The van der Waals surface area contributed by atoms with Crippen LogP contribution in [-0.2, 0) is 14.2 Å². The zero-order valence-electron chi connectivity index (χ0n) is 17.4. The third-order valence-corrected chi connectivity index (χ3v) is 7.32. The smallest absolute Gasteiger partial charge is 0.157 e. The fraction of sp³-hybridized carbons (Fsp3) is 0.727. The van der Waals surface area contributed by atoms with Crippen LogP contribution >= 0.6 is 15.9 Å². The quantitative estimate of drug-likeness (QED) is 0.557. The Morgan fingerprint density at radius 2 is 1.79 bits per heavy atom. The van der Waals surface area contributed by atoms with E-state index < -0.39 is 5.60 Å². The van der Waals surface area contributed by atoms with Crippen molar-refractivity contribution >= 4 is 15.9 Å². The highest BCUT2D eigenvalue weighted by molar-refractivity contribution is 9.09. The van der Waals surface area contributed by atoms with Crippen LogP contribution in [0.2, 0.25) is 0 Å². The van der Waals surface area contributed by atoms with Crippen molar-refractivity contribution in [3.05, 3.63) is 24.3 Å². The minimum absolute atomic E-state index is 0.145. The lowest BCUT2D eigenvalue weighted by Gasteiger charge is -2.39. The number of rotatable bonds is 6. The summed E-state index contributed by atoms with van der Waals surface area (Å²) in [5.74, 6) is 1.61. The lowest BCUT2D eigenvalue weighted by molar-refractivity contribution is -0.212. The molecule has 2 saturated heterocycles. The van der Waals surface area contributed by atoms with Crippen molar-refractivity contribution in [3.8, 4) is 11.5 Å². The van der Waals surface area contributed by atoms with Gasteiger partial charge in [-0.05, 0) is 77.1 Å². The van der Waals surface area contributed by atoms with Crippen molar-refractivity contribution in [3.63, 3.8) is 0 Å². The molecule has 158 valence electrons. The molecule has 2 aliphatic rings. The van der Waals surface area contributed by atoms with Crippen molar-refractivity contribution in [1.82, 2.24) is 0 Å². The second kappa shape index (κ2) is 9.33. The molecular weight excluding hydrogens is 424 g/mol. The van der Waals surface area contributed by atoms with E-state index >= 15 is 0 Å². The predicted molar refractivity (Wildman–Crippen MR) is 112 cm³/mol.